The molecule has 0 spiro atoms. The number of nitrogens with one attached hydrogen (secondary N) is 1. The van der Waals surface area contributed by atoms with Gasteiger partial charge in [0.2, 0.25) is 0 Å². The number of aromatic nitrogens is 3. The highest BCUT2D eigenvalue weighted by molar-refractivity contribution is 7.97. The average Bonchev–Trinajstić information content (AvgIpc) is 2.89. The van der Waals surface area contributed by atoms with Crippen LogP contribution in [0.2, 0.25) is 0 Å². The van der Waals surface area contributed by atoms with Crippen LogP contribution in [-0.2, 0) is 0 Å². The molecule has 2 aromatic heterocycles. The third-order valence-corrected chi connectivity index (χ3v) is 5.32. The van der Waals surface area contributed by atoms with E-state index in [0.29, 0.717) is 5.69 Å². The summed E-state index contributed by atoms with van der Waals surface area (Å²) in [6, 6.07) is 18.7. The van der Waals surface area contributed by atoms with Gasteiger partial charge in [0.1, 0.15) is 10.7 Å². The molecule has 4 aromatic rings. The van der Waals surface area contributed by atoms with Crippen molar-refractivity contribution in [3.05, 3.63) is 81.6 Å². The molecule has 0 radical (unpaired) electrons. The Balaban J connectivity index is 1.88. The van der Waals surface area contributed by atoms with Gasteiger partial charge in [-0.25, -0.2) is 14.2 Å². The van der Waals surface area contributed by atoms with E-state index in [9.17, 15) is 9.59 Å². The van der Waals surface area contributed by atoms with Gasteiger partial charge in [-0.05, 0) is 30.5 Å². The van der Waals surface area contributed by atoms with Crippen molar-refractivity contribution in [2.45, 2.75) is 24.8 Å². The van der Waals surface area contributed by atoms with E-state index in [1.54, 1.807) is 12.1 Å². The Bertz CT molecular complexity index is 1150. The predicted octanol–water partition coefficient (Wildman–Crippen LogP) is 3.05. The van der Waals surface area contributed by atoms with Gasteiger partial charge in [-0.15, -0.1) is 0 Å². The van der Waals surface area contributed by atoms with E-state index in [1.165, 1.54) is 25.5 Å². The van der Waals surface area contributed by atoms with Crippen molar-refractivity contribution < 1.29 is 0 Å². The molecule has 0 aliphatic rings. The molecule has 1 N–H and O–H groups in total. The van der Waals surface area contributed by atoms with Crippen molar-refractivity contribution in [2.24, 2.45) is 0 Å². The van der Waals surface area contributed by atoms with Gasteiger partial charge in [-0.3, -0.25) is 4.72 Å². The fourth-order valence-corrected chi connectivity index (χ4v) is 3.99. The van der Waals surface area contributed by atoms with Crippen molar-refractivity contribution >= 4 is 11.9 Å². The normalized spacial score (nSPS) is 11.4. The van der Waals surface area contributed by atoms with Crippen LogP contribution in [0.5, 0.6) is 0 Å². The van der Waals surface area contributed by atoms with Crippen molar-refractivity contribution in [2.75, 3.05) is 6.54 Å². The first-order chi connectivity index (χ1) is 13.2. The zero-order valence-corrected chi connectivity index (χ0v) is 15.8. The fourth-order valence-electron chi connectivity index (χ4n) is 3.06. The summed E-state index contributed by atoms with van der Waals surface area (Å²) in [5.41, 5.74) is 1.51. The second kappa shape index (κ2) is 7.46. The number of fused-ring (bicyclic) bond motifs is 1. The van der Waals surface area contributed by atoms with E-state index in [0.717, 1.165) is 35.7 Å². The average molecular weight is 380 g/mol. The molecule has 0 amide bonds. The third kappa shape index (κ3) is 2.98. The number of hydrogen-bond acceptors (Lipinski definition) is 4. The molecule has 27 heavy (non-hydrogen) atoms. The maximum atomic E-state index is 13.0. The summed E-state index contributed by atoms with van der Waals surface area (Å²) < 4.78 is 7.41. The molecule has 0 bridgehead atoms. The van der Waals surface area contributed by atoms with Crippen LogP contribution in [0.1, 0.15) is 19.8 Å². The van der Waals surface area contributed by atoms with Crippen molar-refractivity contribution in [1.29, 1.82) is 0 Å². The zero-order chi connectivity index (χ0) is 18.8. The number of nitrogens with zero attached hydrogens (tertiary/aromatic N) is 3. The maximum Gasteiger partial charge on any atom is 0.357 e. The Hall–Kier alpha value is -2.77. The highest BCUT2D eigenvalue weighted by atomic mass is 32.2. The van der Waals surface area contributed by atoms with Crippen LogP contribution in [0.4, 0.5) is 0 Å². The molecule has 0 aliphatic heterocycles. The van der Waals surface area contributed by atoms with Crippen molar-refractivity contribution in [3.8, 4) is 16.9 Å². The first kappa shape index (κ1) is 17.6. The summed E-state index contributed by atoms with van der Waals surface area (Å²) in [5.74, 6) is 0. The molecule has 0 saturated carbocycles. The lowest BCUT2D eigenvalue weighted by molar-refractivity contribution is 0.640. The molecule has 138 valence electrons. The van der Waals surface area contributed by atoms with Gasteiger partial charge in [0.15, 0.2) is 0 Å². The van der Waals surface area contributed by atoms with E-state index in [2.05, 4.69) is 11.6 Å². The van der Waals surface area contributed by atoms with Gasteiger partial charge in [0, 0.05) is 12.1 Å². The minimum atomic E-state index is -0.358. The Morgan fingerprint density at radius 2 is 1.52 bits per heavy atom. The van der Waals surface area contributed by atoms with Crippen molar-refractivity contribution in [3.63, 3.8) is 0 Å². The van der Waals surface area contributed by atoms with Gasteiger partial charge in [0.05, 0.1) is 5.69 Å². The lowest BCUT2D eigenvalue weighted by Crippen LogP contribution is -2.26. The number of para-hydroxylation sites is 1. The van der Waals surface area contributed by atoms with Gasteiger partial charge in [0.25, 0.3) is 0 Å². The number of unbranched alkanes of at least 4 members (excludes halogenated alkanes) is 1. The second-order valence-electron chi connectivity index (χ2n) is 6.23. The second-order valence-corrected chi connectivity index (χ2v) is 7.11. The van der Waals surface area contributed by atoms with Crippen LogP contribution in [0.3, 0.4) is 0 Å². The molecule has 0 atom stereocenters. The Kier molecular flexibility index (Phi) is 4.87. The van der Waals surface area contributed by atoms with E-state index in [4.69, 9.17) is 0 Å². The fraction of sp³-hybridized carbons (Fsp3) is 0.200. The SMILES string of the molecule is CCCCNSc1c(-c2ccccc2)n2c(=O)n(-c3ccccc3)c(=O)n12. The lowest BCUT2D eigenvalue weighted by atomic mass is 10.1. The molecular weight excluding hydrogens is 360 g/mol. The summed E-state index contributed by atoms with van der Waals surface area (Å²) in [5, 5.41) is 0.745. The molecule has 2 heterocycles. The van der Waals surface area contributed by atoms with Gasteiger partial charge < -0.3 is 0 Å². The monoisotopic (exact) mass is 380 g/mol. The molecular formula is C20H20N4O2S. The van der Waals surface area contributed by atoms with Gasteiger partial charge in [-0.2, -0.15) is 9.03 Å². The van der Waals surface area contributed by atoms with Crippen LogP contribution in [0.15, 0.2) is 75.3 Å². The molecule has 0 fully saturated rings. The predicted molar refractivity (Wildman–Crippen MR) is 108 cm³/mol. The van der Waals surface area contributed by atoms with E-state index in [1.807, 2.05) is 48.5 Å². The van der Waals surface area contributed by atoms with E-state index >= 15 is 0 Å². The number of hydrogen-bond donors (Lipinski definition) is 1. The first-order valence-electron chi connectivity index (χ1n) is 8.96. The standard InChI is InChI=1S/C20H20N4O2S/c1-2-3-14-21-27-18-17(15-10-6-4-7-11-15)23-19(25)22(20(26)24(18)23)16-12-8-5-9-13-16/h4-13,21H,2-3,14H2,1H3. The Morgan fingerprint density at radius 1 is 0.889 bits per heavy atom. The molecule has 2 aromatic carbocycles. The third-order valence-electron chi connectivity index (χ3n) is 4.41. The molecule has 6 nitrogen and oxygen atoms in total. The van der Waals surface area contributed by atoms with Crippen LogP contribution in [0, 0.1) is 0 Å². The molecule has 0 unspecified atom stereocenters. The van der Waals surface area contributed by atoms with Gasteiger partial charge in [-0.1, -0.05) is 61.9 Å². The maximum absolute atomic E-state index is 13.0. The summed E-state index contributed by atoms with van der Waals surface area (Å²) >= 11 is 1.40. The van der Waals surface area contributed by atoms with Crippen LogP contribution < -0.4 is 16.1 Å². The topological polar surface area (TPSA) is 59.9 Å². The number of rotatable bonds is 7. The van der Waals surface area contributed by atoms with Gasteiger partial charge >= 0.3 is 11.4 Å². The van der Waals surface area contributed by atoms with Crippen LogP contribution in [-0.4, -0.2) is 20.1 Å². The molecule has 0 aliphatic carbocycles. The Labute approximate surface area is 160 Å². The van der Waals surface area contributed by atoms with Crippen LogP contribution >= 0.6 is 11.9 Å². The summed E-state index contributed by atoms with van der Waals surface area (Å²) in [4.78, 5) is 26.0. The highest BCUT2D eigenvalue weighted by Crippen LogP contribution is 2.31. The molecule has 4 rings (SSSR count). The molecule has 0 saturated heterocycles. The minimum Gasteiger partial charge on any atom is -0.259 e. The largest absolute Gasteiger partial charge is 0.357 e. The Morgan fingerprint density at radius 3 is 2.19 bits per heavy atom. The van der Waals surface area contributed by atoms with Crippen molar-refractivity contribution in [1.82, 2.24) is 18.3 Å². The first-order valence-corrected chi connectivity index (χ1v) is 9.78. The molecule has 7 heteroatoms. The summed E-state index contributed by atoms with van der Waals surface area (Å²) in [7, 11) is 0. The summed E-state index contributed by atoms with van der Waals surface area (Å²) in [6.45, 7) is 2.97. The summed E-state index contributed by atoms with van der Waals surface area (Å²) in [6.07, 6.45) is 2.14. The van der Waals surface area contributed by atoms with E-state index < -0.39 is 0 Å². The van der Waals surface area contributed by atoms with E-state index in [-0.39, 0.29) is 11.4 Å². The number of benzene rings is 2. The lowest BCUT2D eigenvalue weighted by Gasteiger charge is -2.17. The van der Waals surface area contributed by atoms with Crippen LogP contribution in [0.25, 0.3) is 16.9 Å². The minimum absolute atomic E-state index is 0.356. The highest BCUT2D eigenvalue weighted by Gasteiger charge is 2.27. The quantitative estimate of drug-likeness (QED) is 0.395. The smallest absolute Gasteiger partial charge is 0.259 e. The zero-order valence-electron chi connectivity index (χ0n) is 15.0.